The van der Waals surface area contributed by atoms with Crippen LogP contribution in [-0.4, -0.2) is 104 Å². The summed E-state index contributed by atoms with van der Waals surface area (Å²) in [4.78, 5) is 41.3. The minimum absolute atomic E-state index is 0. The van der Waals surface area contributed by atoms with Crippen molar-refractivity contribution in [2.45, 2.75) is 108 Å². The zero-order valence-corrected chi connectivity index (χ0v) is 47.4. The molecule has 9 heterocycles. The number of nitrogens with zero attached hydrogens (tertiary/aromatic N) is 16. The molecule has 3 aliphatic carbocycles. The Morgan fingerprint density at radius 2 is 1.09 bits per heavy atom. The van der Waals surface area contributed by atoms with E-state index in [0.717, 1.165) is 79.5 Å². The van der Waals surface area contributed by atoms with Gasteiger partial charge in [0.15, 0.2) is 0 Å². The van der Waals surface area contributed by atoms with Crippen LogP contribution in [0.4, 0.5) is 0 Å². The summed E-state index contributed by atoms with van der Waals surface area (Å²) in [7, 11) is -4.83. The summed E-state index contributed by atoms with van der Waals surface area (Å²) in [5.74, 6) is 1.76. The fraction of sp³-hybridized carbons (Fsp3) is 0.412. The van der Waals surface area contributed by atoms with E-state index in [0.29, 0.717) is 43.7 Å². The molecule has 3 aliphatic rings. The van der Waals surface area contributed by atoms with Crippen molar-refractivity contribution in [1.29, 1.82) is 15.8 Å². The molecule has 0 radical (unpaired) electrons. The van der Waals surface area contributed by atoms with Crippen LogP contribution in [0, 0.1) is 51.7 Å². The molecule has 0 saturated heterocycles. The standard InChI is InChI=1S/C21H28N6OSi.2C15H14N6.HO4P.H3O4P.H2/c1-29(2,3)11-10-28-15-26-9-7-18-20(23-14-24-21(18)26)17-12-25-27(13-17)19(6-8-22)16-4-5-16;2*16-5-3-13(10-1-2-10)21-8-11(7-20-21)14-12-4-6-17-15(12)19-9-18-14;1-4-5(2)3;1-3-5-4-2;/h7,9,12-14,16,19H,4-6,10-11,15H2,1-3H3;2*4,6-10,13H,1-3H2,(H,17,18,19);1H;1-2,5H;1H/t19-;2*13-;;;/m111.../s1. The quantitative estimate of drug-likeness (QED) is 0.0156. The molecule has 0 bridgehead atoms. The van der Waals surface area contributed by atoms with Crippen LogP contribution in [0.3, 0.4) is 0 Å². The number of fused-ring (bicyclic) bond motifs is 3. The minimum Gasteiger partial charge on any atom is -0.565 e. The number of hydrogen-bond acceptors (Lipinski definition) is 21. The highest BCUT2D eigenvalue weighted by molar-refractivity contribution is 7.30. The summed E-state index contributed by atoms with van der Waals surface area (Å²) in [6, 6.07) is 14.5. The highest BCUT2D eigenvalue weighted by Gasteiger charge is 2.35. The Kier molecular flexibility index (Phi) is 21.1. The maximum Gasteiger partial charge on any atom is 0.521 e. The Balaban J connectivity index is 0.000000164. The summed E-state index contributed by atoms with van der Waals surface area (Å²) in [6.07, 6.45) is 30.6. The first-order chi connectivity index (χ1) is 39.4. The third kappa shape index (κ3) is 16.3. The fourth-order valence-electron chi connectivity index (χ4n) is 9.18. The van der Waals surface area contributed by atoms with E-state index in [-0.39, 0.29) is 19.6 Å². The molecule has 30 heteroatoms. The van der Waals surface area contributed by atoms with Gasteiger partial charge in [-0.2, -0.15) is 40.4 Å². The van der Waals surface area contributed by atoms with Gasteiger partial charge in [0, 0.05) is 90.8 Å². The van der Waals surface area contributed by atoms with Gasteiger partial charge in [-0.25, -0.2) is 45.7 Å². The molecule has 9 aromatic rings. The predicted molar refractivity (Wildman–Crippen MR) is 298 cm³/mol. The molecule has 3 saturated carbocycles. The van der Waals surface area contributed by atoms with Crippen molar-refractivity contribution in [1.82, 2.24) is 73.8 Å². The van der Waals surface area contributed by atoms with Crippen molar-refractivity contribution in [2.75, 3.05) is 6.61 Å². The van der Waals surface area contributed by atoms with Crippen LogP contribution in [0.15, 0.2) is 93.0 Å². The second kappa shape index (κ2) is 28.7. The molecule has 0 amide bonds. The van der Waals surface area contributed by atoms with Crippen LogP contribution < -0.4 is 4.89 Å². The highest BCUT2D eigenvalue weighted by Crippen LogP contribution is 2.44. The third-order valence-corrected chi connectivity index (χ3v) is 15.7. The van der Waals surface area contributed by atoms with Gasteiger partial charge >= 0.3 is 8.25 Å². The number of hydrogen-bond donors (Lipinski definition) is 5. The largest absolute Gasteiger partial charge is 0.565 e. The van der Waals surface area contributed by atoms with E-state index in [1.54, 1.807) is 19.0 Å². The van der Waals surface area contributed by atoms with E-state index < -0.39 is 25.4 Å². The number of aromatic nitrogens is 15. The lowest BCUT2D eigenvalue weighted by atomic mass is 10.1. The van der Waals surface area contributed by atoms with E-state index in [1.807, 2.05) is 92.6 Å². The molecule has 5 N–H and O–H groups in total. The molecule has 9 aromatic heterocycles. The molecule has 81 heavy (non-hydrogen) atoms. The Labute approximate surface area is 469 Å². The molecule has 1 unspecified atom stereocenters. The molecule has 27 nitrogen and oxygen atoms in total. The summed E-state index contributed by atoms with van der Waals surface area (Å²) >= 11 is 0. The van der Waals surface area contributed by atoms with E-state index >= 15 is 0 Å². The molecular weight excluding hydrogens is 1100 g/mol. The van der Waals surface area contributed by atoms with Gasteiger partial charge in [-0.15, -0.1) is 0 Å². The smallest absolute Gasteiger partial charge is 0.521 e. The Bertz CT molecular complexity index is 3470. The van der Waals surface area contributed by atoms with Crippen molar-refractivity contribution in [3.8, 4) is 52.0 Å². The molecule has 4 atom stereocenters. The van der Waals surface area contributed by atoms with Gasteiger partial charge in [0.2, 0.25) is 9.03 Å². The first-order valence-corrected chi connectivity index (χ1v) is 31.5. The molecule has 0 aromatic carbocycles. The minimum atomic E-state index is -3.04. The van der Waals surface area contributed by atoms with Gasteiger partial charge in [-0.3, -0.25) is 14.0 Å². The molecule has 0 aliphatic heterocycles. The highest BCUT2D eigenvalue weighted by atomic mass is 31.1. The SMILES string of the molecule is C[Si](C)(C)CCOCn1ccc2c(-c3cnn([C@H](CC#N)C4CC4)c3)ncnc21.N#CC[C@H](C1CC1)n1cc(-c2ncnc3[nH]ccc23)cn1.N#CC[C@H](C1CC1)n1cc(-c2ncnc3[nH]ccc23)cn1.O=[P+]([O-])OO.OOPOO.[HH]. The lowest BCUT2D eigenvalue weighted by Gasteiger charge is -2.15. The van der Waals surface area contributed by atoms with Gasteiger partial charge in [0.1, 0.15) is 42.7 Å². The van der Waals surface area contributed by atoms with Crippen molar-refractivity contribution in [3.05, 3.63) is 93.0 Å². The van der Waals surface area contributed by atoms with Gasteiger partial charge in [0.25, 0.3) is 0 Å². The monoisotopic (exact) mass is 1160 g/mol. The predicted octanol–water partition coefficient (Wildman–Crippen LogP) is 10.1. The van der Waals surface area contributed by atoms with Crippen molar-refractivity contribution < 1.29 is 45.4 Å². The second-order valence-electron chi connectivity index (χ2n) is 20.5. The molecule has 424 valence electrons. The van der Waals surface area contributed by atoms with Gasteiger partial charge in [-0.05, 0) is 85.1 Å². The summed E-state index contributed by atoms with van der Waals surface area (Å²) in [6.45, 7) is 8.33. The Morgan fingerprint density at radius 3 is 1.44 bits per heavy atom. The maximum absolute atomic E-state index is 9.15. The number of nitriles is 3. The lowest BCUT2D eigenvalue weighted by Crippen LogP contribution is -2.22. The van der Waals surface area contributed by atoms with Crippen LogP contribution in [0.25, 0.3) is 66.9 Å². The van der Waals surface area contributed by atoms with Crippen LogP contribution in [0.2, 0.25) is 25.7 Å². The maximum atomic E-state index is 9.15. The van der Waals surface area contributed by atoms with E-state index in [9.17, 15) is 0 Å². The topological polar surface area (TPSA) is 376 Å². The van der Waals surface area contributed by atoms with Crippen LogP contribution >= 0.6 is 17.3 Å². The lowest BCUT2D eigenvalue weighted by molar-refractivity contribution is -0.244. The average Bonchev–Trinajstić information content (AvgIpc) is 4.51. The van der Waals surface area contributed by atoms with Crippen LogP contribution in [0.5, 0.6) is 0 Å². The molecular formula is C51H62N18O9P2Si. The Hall–Kier alpha value is -7.61. The summed E-state index contributed by atoms with van der Waals surface area (Å²) < 4.78 is 31.8. The Morgan fingerprint density at radius 1 is 0.679 bits per heavy atom. The number of aromatic amines is 2. The molecule has 3 fully saturated rings. The van der Waals surface area contributed by atoms with Crippen molar-refractivity contribution in [3.63, 3.8) is 0 Å². The van der Waals surface area contributed by atoms with Gasteiger partial charge in [0.05, 0.1) is 91.3 Å². The second-order valence-corrected chi connectivity index (χ2v) is 27.3. The van der Waals surface area contributed by atoms with Crippen molar-refractivity contribution in [2.24, 2.45) is 17.8 Å². The van der Waals surface area contributed by atoms with Crippen molar-refractivity contribution >= 4 is 58.5 Å². The van der Waals surface area contributed by atoms with Gasteiger partial charge < -0.3 is 24.2 Å². The number of nitrogens with one attached hydrogen (secondary N) is 2. The number of H-pyrrole nitrogens is 2. The molecule has 12 rings (SSSR count). The van der Waals surface area contributed by atoms with E-state index in [2.05, 4.69) is 107 Å². The fourth-order valence-corrected chi connectivity index (χ4v) is 9.97. The summed E-state index contributed by atoms with van der Waals surface area (Å²) in [5, 5.41) is 65.2. The normalized spacial score (nSPS) is 15.0. The van der Waals surface area contributed by atoms with E-state index in [1.165, 1.54) is 38.5 Å². The number of rotatable bonds is 20. The summed E-state index contributed by atoms with van der Waals surface area (Å²) in [5.41, 5.74) is 8.01. The van der Waals surface area contributed by atoms with Crippen LogP contribution in [-0.2, 0) is 30.1 Å². The first kappa shape index (κ1) is 59.5. The van der Waals surface area contributed by atoms with E-state index in [4.69, 9.17) is 45.8 Å². The van der Waals surface area contributed by atoms with Gasteiger partial charge in [-0.1, -0.05) is 19.6 Å². The zero-order chi connectivity index (χ0) is 57.3. The first-order valence-electron chi connectivity index (χ1n) is 25.9. The molecule has 0 spiro atoms. The third-order valence-electron chi connectivity index (χ3n) is 13.7. The average molecular weight is 1160 g/mol. The zero-order valence-electron chi connectivity index (χ0n) is 44.5. The van der Waals surface area contributed by atoms with Crippen LogP contribution in [0.1, 0.15) is 77.3 Å². The number of ether oxygens (including phenoxy) is 1.